The van der Waals surface area contributed by atoms with E-state index in [0.29, 0.717) is 33.1 Å². The van der Waals surface area contributed by atoms with Crippen molar-refractivity contribution in [3.63, 3.8) is 0 Å². The van der Waals surface area contributed by atoms with Crippen LogP contribution in [0.5, 0.6) is 5.75 Å². The summed E-state index contributed by atoms with van der Waals surface area (Å²) in [4.78, 5) is 39.0. The maximum Gasteiger partial charge on any atom is 0.335 e. The van der Waals surface area contributed by atoms with Gasteiger partial charge in [0.15, 0.2) is 5.75 Å². The third-order valence-corrected chi connectivity index (χ3v) is 6.82. The van der Waals surface area contributed by atoms with E-state index >= 15 is 0 Å². The molecule has 9 heteroatoms. The van der Waals surface area contributed by atoms with E-state index in [0.717, 1.165) is 20.5 Å². The van der Waals surface area contributed by atoms with Crippen LogP contribution in [0.2, 0.25) is 5.02 Å². The summed E-state index contributed by atoms with van der Waals surface area (Å²) in [7, 11) is 0. The number of halogens is 3. The summed E-state index contributed by atoms with van der Waals surface area (Å²) >= 11 is 13.3. The second-order valence-corrected chi connectivity index (χ2v) is 9.60. The van der Waals surface area contributed by atoms with Gasteiger partial charge in [-0.25, -0.2) is 9.69 Å². The molecule has 1 saturated heterocycles. The molecule has 0 radical (unpaired) electrons. The SMILES string of the molecule is Cc1cc(N2C(=O)NC(=O)/C(=C\c3cc(Cl)c(OCc4ccccc4)c(Br)c3)C2=O)ccc1Br. The number of nitrogens with zero attached hydrogens (tertiary/aromatic N) is 1. The number of carbonyl (C=O) groups excluding carboxylic acids is 3. The first-order valence-corrected chi connectivity index (χ1v) is 12.0. The van der Waals surface area contributed by atoms with Gasteiger partial charge in [0.1, 0.15) is 12.2 Å². The zero-order chi connectivity index (χ0) is 24.4. The number of carbonyl (C=O) groups is 3. The molecule has 6 nitrogen and oxygen atoms in total. The number of ether oxygens (including phenoxy) is 1. The highest BCUT2D eigenvalue weighted by Gasteiger charge is 2.37. The normalized spacial score (nSPS) is 15.0. The Bertz CT molecular complexity index is 1320. The molecule has 0 spiro atoms. The molecular weight excluding hydrogens is 588 g/mol. The fourth-order valence-electron chi connectivity index (χ4n) is 3.36. The number of aryl methyl sites for hydroxylation is 1. The van der Waals surface area contributed by atoms with Gasteiger partial charge in [0.05, 0.1) is 15.2 Å². The molecule has 3 aromatic carbocycles. The van der Waals surface area contributed by atoms with Crippen LogP contribution in [0.25, 0.3) is 6.08 Å². The van der Waals surface area contributed by atoms with Gasteiger partial charge in [-0.3, -0.25) is 14.9 Å². The molecule has 0 unspecified atom stereocenters. The maximum atomic E-state index is 13.1. The van der Waals surface area contributed by atoms with Crippen molar-refractivity contribution in [2.75, 3.05) is 4.90 Å². The number of nitrogens with one attached hydrogen (secondary N) is 1. The molecule has 0 aliphatic carbocycles. The molecule has 0 bridgehead atoms. The molecule has 34 heavy (non-hydrogen) atoms. The molecule has 1 heterocycles. The molecule has 3 aromatic rings. The zero-order valence-corrected chi connectivity index (χ0v) is 21.7. The van der Waals surface area contributed by atoms with Gasteiger partial charge in [-0.05, 0) is 76.0 Å². The Morgan fingerprint density at radius 1 is 1.00 bits per heavy atom. The summed E-state index contributed by atoms with van der Waals surface area (Å²) in [6.45, 7) is 2.16. The van der Waals surface area contributed by atoms with Crippen molar-refractivity contribution in [2.45, 2.75) is 13.5 Å². The minimum Gasteiger partial charge on any atom is -0.486 e. The van der Waals surface area contributed by atoms with Crippen LogP contribution in [0.4, 0.5) is 10.5 Å². The average molecular weight is 605 g/mol. The van der Waals surface area contributed by atoms with E-state index in [4.69, 9.17) is 16.3 Å². The van der Waals surface area contributed by atoms with Crippen molar-refractivity contribution in [3.05, 3.63) is 96.9 Å². The highest BCUT2D eigenvalue weighted by Crippen LogP contribution is 2.36. The molecule has 0 atom stereocenters. The number of amides is 4. The van der Waals surface area contributed by atoms with Crippen LogP contribution in [0, 0.1) is 6.92 Å². The Hall–Kier alpha value is -2.94. The number of benzene rings is 3. The first-order valence-electron chi connectivity index (χ1n) is 10.1. The second-order valence-electron chi connectivity index (χ2n) is 7.48. The van der Waals surface area contributed by atoms with Crippen LogP contribution in [-0.2, 0) is 16.2 Å². The van der Waals surface area contributed by atoms with Gasteiger partial charge in [0, 0.05) is 4.47 Å². The predicted octanol–water partition coefficient (Wildman–Crippen LogP) is 6.42. The van der Waals surface area contributed by atoms with Crippen molar-refractivity contribution in [3.8, 4) is 5.75 Å². The van der Waals surface area contributed by atoms with Crippen molar-refractivity contribution in [1.82, 2.24) is 5.32 Å². The third-order valence-electron chi connectivity index (χ3n) is 5.06. The summed E-state index contributed by atoms with van der Waals surface area (Å²) < 4.78 is 7.24. The summed E-state index contributed by atoms with van der Waals surface area (Å²) in [5.41, 5.74) is 2.46. The van der Waals surface area contributed by atoms with Gasteiger partial charge >= 0.3 is 6.03 Å². The van der Waals surface area contributed by atoms with Crippen molar-refractivity contribution in [2.24, 2.45) is 0 Å². The fourth-order valence-corrected chi connectivity index (χ4v) is 4.59. The number of barbiturate groups is 1. The van der Waals surface area contributed by atoms with Crippen LogP contribution in [0.1, 0.15) is 16.7 Å². The summed E-state index contributed by atoms with van der Waals surface area (Å²) in [6, 6.07) is 17.1. The number of hydrogen-bond acceptors (Lipinski definition) is 4. The molecule has 1 aliphatic rings. The van der Waals surface area contributed by atoms with Gasteiger partial charge in [0.2, 0.25) is 0 Å². The highest BCUT2D eigenvalue weighted by molar-refractivity contribution is 9.10. The topological polar surface area (TPSA) is 75.7 Å². The lowest BCUT2D eigenvalue weighted by Gasteiger charge is -2.26. The average Bonchev–Trinajstić information content (AvgIpc) is 2.79. The molecule has 0 aromatic heterocycles. The van der Waals surface area contributed by atoms with Crippen molar-refractivity contribution < 1.29 is 19.1 Å². The molecule has 1 N–H and O–H groups in total. The maximum absolute atomic E-state index is 13.1. The van der Waals surface area contributed by atoms with Gasteiger partial charge in [-0.15, -0.1) is 0 Å². The number of hydrogen-bond donors (Lipinski definition) is 1. The lowest BCUT2D eigenvalue weighted by molar-refractivity contribution is -0.122. The molecule has 172 valence electrons. The summed E-state index contributed by atoms with van der Waals surface area (Å²) in [6.07, 6.45) is 1.39. The molecule has 1 aliphatic heterocycles. The largest absolute Gasteiger partial charge is 0.486 e. The van der Waals surface area contributed by atoms with E-state index in [2.05, 4.69) is 37.2 Å². The Labute approximate surface area is 217 Å². The zero-order valence-electron chi connectivity index (χ0n) is 17.8. The first kappa shape index (κ1) is 24.2. The first-order chi connectivity index (χ1) is 16.2. The van der Waals surface area contributed by atoms with E-state index in [1.54, 1.807) is 30.3 Å². The van der Waals surface area contributed by atoms with Crippen LogP contribution in [-0.4, -0.2) is 17.8 Å². The Balaban J connectivity index is 1.63. The quantitative estimate of drug-likeness (QED) is 0.270. The number of urea groups is 1. The molecule has 4 amide bonds. The van der Waals surface area contributed by atoms with Gasteiger partial charge in [-0.1, -0.05) is 57.9 Å². The Morgan fingerprint density at radius 2 is 1.74 bits per heavy atom. The van der Waals surface area contributed by atoms with Crippen LogP contribution >= 0.6 is 43.5 Å². The predicted molar refractivity (Wildman–Crippen MR) is 138 cm³/mol. The Morgan fingerprint density at radius 3 is 2.41 bits per heavy atom. The monoisotopic (exact) mass is 602 g/mol. The van der Waals surface area contributed by atoms with Gasteiger partial charge < -0.3 is 4.74 Å². The van der Waals surface area contributed by atoms with Crippen LogP contribution in [0.15, 0.2) is 75.2 Å². The van der Waals surface area contributed by atoms with Gasteiger partial charge in [-0.2, -0.15) is 0 Å². The van der Waals surface area contributed by atoms with Crippen LogP contribution in [0.3, 0.4) is 0 Å². The minimum atomic E-state index is -0.808. The molecule has 0 saturated carbocycles. The van der Waals surface area contributed by atoms with Crippen molar-refractivity contribution >= 4 is 73.1 Å². The number of anilines is 1. The van der Waals surface area contributed by atoms with Crippen molar-refractivity contribution in [1.29, 1.82) is 0 Å². The number of rotatable bonds is 5. The lowest BCUT2D eigenvalue weighted by Crippen LogP contribution is -2.54. The van der Waals surface area contributed by atoms with E-state index in [1.165, 1.54) is 6.08 Å². The third kappa shape index (κ3) is 5.09. The summed E-state index contributed by atoms with van der Waals surface area (Å²) in [5, 5.41) is 2.52. The molecular formula is C25H17Br2ClN2O4. The lowest BCUT2D eigenvalue weighted by atomic mass is 10.1. The molecule has 1 fully saturated rings. The summed E-state index contributed by atoms with van der Waals surface area (Å²) in [5.74, 6) is -1.07. The number of imide groups is 2. The Kier molecular flexibility index (Phi) is 7.21. The molecule has 4 rings (SSSR count). The fraction of sp³-hybridized carbons (Fsp3) is 0.0800. The highest BCUT2D eigenvalue weighted by atomic mass is 79.9. The van der Waals surface area contributed by atoms with Crippen LogP contribution < -0.4 is 15.0 Å². The van der Waals surface area contributed by atoms with E-state index in [-0.39, 0.29) is 5.57 Å². The second kappa shape index (κ2) is 10.1. The smallest absolute Gasteiger partial charge is 0.335 e. The van der Waals surface area contributed by atoms with Gasteiger partial charge in [0.25, 0.3) is 11.8 Å². The van der Waals surface area contributed by atoms with E-state index in [1.807, 2.05) is 37.3 Å². The standard InChI is InChI=1S/C25H17Br2ClN2O4/c1-14-9-17(7-8-19(14)26)30-24(32)18(23(31)29-25(30)33)10-16-11-20(27)22(21(28)12-16)34-13-15-5-3-2-4-6-15/h2-12H,13H2,1H3,(H,29,31,33)/b18-10+. The van der Waals surface area contributed by atoms with E-state index in [9.17, 15) is 14.4 Å². The van der Waals surface area contributed by atoms with E-state index < -0.39 is 17.8 Å². The minimum absolute atomic E-state index is 0.193.